The van der Waals surface area contributed by atoms with Crippen molar-refractivity contribution in [3.05, 3.63) is 81.4 Å². The Labute approximate surface area is 123 Å². The minimum Gasteiger partial charge on any atom is -0.289 e. The molecule has 0 radical (unpaired) electrons. The van der Waals surface area contributed by atoms with Crippen molar-refractivity contribution < 1.29 is 9.72 Å². The van der Waals surface area contributed by atoms with Crippen LogP contribution in [0.25, 0.3) is 0 Å². The van der Waals surface area contributed by atoms with Gasteiger partial charge in [-0.1, -0.05) is 61.5 Å². The van der Waals surface area contributed by atoms with Gasteiger partial charge in [0.1, 0.15) is 0 Å². The minimum absolute atomic E-state index is 0.0820. The number of ketones is 1. The fraction of sp³-hybridized carbons (Fsp3) is 0.235. The van der Waals surface area contributed by atoms with E-state index in [9.17, 15) is 14.9 Å². The summed E-state index contributed by atoms with van der Waals surface area (Å²) in [5.41, 5.74) is 0.637. The summed E-state index contributed by atoms with van der Waals surface area (Å²) in [7, 11) is 0. The van der Waals surface area contributed by atoms with E-state index in [1.54, 1.807) is 50.2 Å². The van der Waals surface area contributed by atoms with E-state index in [4.69, 9.17) is 0 Å². The Bertz CT molecular complexity index is 649. The van der Waals surface area contributed by atoms with Crippen LogP contribution < -0.4 is 0 Å². The van der Waals surface area contributed by atoms with E-state index < -0.39 is 5.54 Å². The van der Waals surface area contributed by atoms with Crippen molar-refractivity contribution in [2.24, 2.45) is 0 Å². The Morgan fingerprint density at radius 2 is 1.57 bits per heavy atom. The van der Waals surface area contributed by atoms with Crippen molar-refractivity contribution in [2.45, 2.75) is 25.8 Å². The zero-order valence-electron chi connectivity index (χ0n) is 12.1. The van der Waals surface area contributed by atoms with Crippen molar-refractivity contribution in [3.63, 3.8) is 0 Å². The average Bonchev–Trinajstić information content (AvgIpc) is 2.54. The van der Waals surface area contributed by atoms with Gasteiger partial charge in [-0.05, 0) is 0 Å². The van der Waals surface area contributed by atoms with Crippen LogP contribution in [0.4, 0.5) is 0 Å². The first-order valence-corrected chi connectivity index (χ1v) is 6.84. The highest BCUT2D eigenvalue weighted by Crippen LogP contribution is 2.28. The van der Waals surface area contributed by atoms with Crippen molar-refractivity contribution >= 4 is 5.78 Å². The highest BCUT2D eigenvalue weighted by Gasteiger charge is 2.37. The van der Waals surface area contributed by atoms with Crippen LogP contribution in [0.1, 0.15) is 41.8 Å². The lowest BCUT2D eigenvalue weighted by atomic mass is 9.89. The number of hydrogen-bond donors (Lipinski definition) is 0. The van der Waals surface area contributed by atoms with E-state index >= 15 is 0 Å². The van der Waals surface area contributed by atoms with Gasteiger partial charge >= 0.3 is 0 Å². The summed E-state index contributed by atoms with van der Waals surface area (Å²) in [6, 6.07) is 15.6. The Morgan fingerprint density at radius 3 is 2.05 bits per heavy atom. The molecular weight excluding hydrogens is 266 g/mol. The van der Waals surface area contributed by atoms with E-state index in [1.807, 2.05) is 18.2 Å². The third-order valence-electron chi connectivity index (χ3n) is 3.90. The molecule has 1 unspecified atom stereocenters. The van der Waals surface area contributed by atoms with E-state index in [0.29, 0.717) is 23.1 Å². The standard InChI is InChI=1S/C17H17NO3/c1-3-17(2,18(20)21)15-11-9-14(10-12-15)16(19)13-7-5-4-6-8-13/h4-12H,3H2,1-2H3. The summed E-state index contributed by atoms with van der Waals surface area (Å²) in [6.07, 6.45) is 0.395. The van der Waals surface area contributed by atoms with Gasteiger partial charge in [0, 0.05) is 35.0 Å². The first-order valence-electron chi connectivity index (χ1n) is 6.84. The van der Waals surface area contributed by atoms with Gasteiger partial charge in [-0.25, -0.2) is 0 Å². The third-order valence-corrected chi connectivity index (χ3v) is 3.90. The number of benzene rings is 2. The minimum atomic E-state index is -1.12. The van der Waals surface area contributed by atoms with E-state index in [1.165, 1.54) is 0 Å². The van der Waals surface area contributed by atoms with Gasteiger partial charge in [-0.2, -0.15) is 0 Å². The quantitative estimate of drug-likeness (QED) is 0.476. The number of carbonyl (C=O) groups excluding carboxylic acids is 1. The fourth-order valence-electron chi connectivity index (χ4n) is 2.18. The lowest BCUT2D eigenvalue weighted by Crippen LogP contribution is -2.30. The second-order valence-corrected chi connectivity index (χ2v) is 5.16. The van der Waals surface area contributed by atoms with Crippen LogP contribution in [0.15, 0.2) is 54.6 Å². The topological polar surface area (TPSA) is 60.2 Å². The van der Waals surface area contributed by atoms with Gasteiger partial charge < -0.3 is 0 Å². The SMILES string of the molecule is CCC(C)(c1ccc(C(=O)c2ccccc2)cc1)[N+](=O)[O-]. The molecule has 0 heterocycles. The second-order valence-electron chi connectivity index (χ2n) is 5.16. The predicted octanol–water partition coefficient (Wildman–Crippen LogP) is 3.82. The zero-order chi connectivity index (χ0) is 15.5. The summed E-state index contributed by atoms with van der Waals surface area (Å²) >= 11 is 0. The van der Waals surface area contributed by atoms with E-state index in [-0.39, 0.29) is 10.7 Å². The summed E-state index contributed by atoms with van der Waals surface area (Å²) < 4.78 is 0. The monoisotopic (exact) mass is 283 g/mol. The van der Waals surface area contributed by atoms with E-state index in [2.05, 4.69) is 0 Å². The maximum absolute atomic E-state index is 12.3. The Hall–Kier alpha value is -2.49. The summed E-state index contributed by atoms with van der Waals surface area (Å²) in [5, 5.41) is 11.2. The lowest BCUT2D eigenvalue weighted by Gasteiger charge is -2.19. The molecule has 0 N–H and O–H groups in total. The number of carbonyl (C=O) groups is 1. The molecule has 0 aromatic heterocycles. The van der Waals surface area contributed by atoms with Gasteiger partial charge in [0.15, 0.2) is 5.78 Å². The second kappa shape index (κ2) is 5.87. The molecule has 2 aromatic rings. The molecule has 0 aliphatic carbocycles. The lowest BCUT2D eigenvalue weighted by molar-refractivity contribution is -0.575. The molecule has 1 atom stereocenters. The highest BCUT2D eigenvalue weighted by atomic mass is 16.6. The molecule has 0 saturated heterocycles. The molecule has 0 spiro atoms. The van der Waals surface area contributed by atoms with Gasteiger partial charge in [-0.3, -0.25) is 14.9 Å². The van der Waals surface area contributed by atoms with Crippen LogP contribution in [0.3, 0.4) is 0 Å². The van der Waals surface area contributed by atoms with Crippen molar-refractivity contribution in [1.82, 2.24) is 0 Å². The fourth-order valence-corrected chi connectivity index (χ4v) is 2.18. The Balaban J connectivity index is 2.32. The van der Waals surface area contributed by atoms with Crippen LogP contribution >= 0.6 is 0 Å². The third kappa shape index (κ3) is 2.84. The molecule has 108 valence electrons. The first kappa shape index (κ1) is 14.9. The number of rotatable bonds is 5. The summed E-state index contributed by atoms with van der Waals surface area (Å²) in [5.74, 6) is -0.0820. The molecule has 21 heavy (non-hydrogen) atoms. The van der Waals surface area contributed by atoms with Crippen LogP contribution in [-0.4, -0.2) is 10.7 Å². The molecule has 0 aliphatic rings. The molecule has 0 aliphatic heterocycles. The van der Waals surface area contributed by atoms with Crippen LogP contribution in [-0.2, 0) is 5.54 Å². The molecule has 2 aromatic carbocycles. The summed E-state index contributed by atoms with van der Waals surface area (Å²) in [6.45, 7) is 3.38. The van der Waals surface area contributed by atoms with Crippen molar-refractivity contribution in [2.75, 3.05) is 0 Å². The number of nitro groups is 1. The van der Waals surface area contributed by atoms with Gasteiger partial charge in [0.05, 0.1) is 0 Å². The predicted molar refractivity (Wildman–Crippen MR) is 81.0 cm³/mol. The molecule has 0 amide bonds. The van der Waals surface area contributed by atoms with Gasteiger partial charge in [-0.15, -0.1) is 0 Å². The van der Waals surface area contributed by atoms with Crippen molar-refractivity contribution in [3.8, 4) is 0 Å². The van der Waals surface area contributed by atoms with Crippen LogP contribution in [0, 0.1) is 10.1 Å². The summed E-state index contributed by atoms with van der Waals surface area (Å²) in [4.78, 5) is 23.2. The highest BCUT2D eigenvalue weighted by molar-refractivity contribution is 6.08. The van der Waals surface area contributed by atoms with Crippen LogP contribution in [0.2, 0.25) is 0 Å². The molecule has 0 saturated carbocycles. The normalized spacial score (nSPS) is 13.4. The first-order chi connectivity index (χ1) is 9.99. The molecule has 4 nitrogen and oxygen atoms in total. The Kier molecular flexibility index (Phi) is 4.17. The zero-order valence-corrected chi connectivity index (χ0v) is 12.1. The Morgan fingerprint density at radius 1 is 1.05 bits per heavy atom. The van der Waals surface area contributed by atoms with Gasteiger partial charge in [0.2, 0.25) is 5.54 Å². The van der Waals surface area contributed by atoms with Gasteiger partial charge in [0.25, 0.3) is 0 Å². The number of hydrogen-bond acceptors (Lipinski definition) is 3. The largest absolute Gasteiger partial charge is 0.289 e. The van der Waals surface area contributed by atoms with E-state index in [0.717, 1.165) is 0 Å². The maximum atomic E-state index is 12.3. The molecule has 0 bridgehead atoms. The molecule has 2 rings (SSSR count). The average molecular weight is 283 g/mol. The van der Waals surface area contributed by atoms with Crippen LogP contribution in [0.5, 0.6) is 0 Å². The molecule has 0 fully saturated rings. The maximum Gasteiger partial charge on any atom is 0.244 e. The molecule has 4 heteroatoms. The number of nitrogens with zero attached hydrogens (tertiary/aromatic N) is 1. The van der Waals surface area contributed by atoms with Crippen molar-refractivity contribution in [1.29, 1.82) is 0 Å². The smallest absolute Gasteiger partial charge is 0.244 e. The molecular formula is C17H17NO3.